The molecule has 0 bridgehead atoms. The molecule has 0 radical (unpaired) electrons. The first kappa shape index (κ1) is 14.9. The van der Waals surface area contributed by atoms with Crippen LogP contribution >= 0.6 is 0 Å². The Morgan fingerprint density at radius 3 is 2.35 bits per heavy atom. The van der Waals surface area contributed by atoms with Crippen LogP contribution < -0.4 is 4.72 Å². The lowest BCUT2D eigenvalue weighted by atomic mass is 10.1. The molecule has 4 nitrogen and oxygen atoms in total. The van der Waals surface area contributed by atoms with Crippen LogP contribution in [0, 0.1) is 5.92 Å². The van der Waals surface area contributed by atoms with Crippen LogP contribution in [0.15, 0.2) is 0 Å². The largest absolute Gasteiger partial charge is 0.279 e. The van der Waals surface area contributed by atoms with Gasteiger partial charge in [0.1, 0.15) is 0 Å². The quantitative estimate of drug-likeness (QED) is 0.715. The third kappa shape index (κ3) is 5.84. The van der Waals surface area contributed by atoms with Crippen LogP contribution in [-0.4, -0.2) is 32.4 Å². The molecule has 102 valence electrons. The Kier molecular flexibility index (Phi) is 6.44. The summed E-state index contributed by atoms with van der Waals surface area (Å²) in [6.45, 7) is 6.32. The molecule has 0 aromatic rings. The molecule has 0 aromatic carbocycles. The normalized spacial score (nSPS) is 18.8. The summed E-state index contributed by atoms with van der Waals surface area (Å²) in [6, 6.07) is 0. The molecule has 1 aliphatic rings. The molecule has 1 N–H and O–H groups in total. The molecule has 0 saturated carbocycles. The van der Waals surface area contributed by atoms with Crippen LogP contribution in [0.25, 0.3) is 0 Å². The van der Waals surface area contributed by atoms with Gasteiger partial charge < -0.3 is 0 Å². The Labute approximate surface area is 106 Å². The maximum absolute atomic E-state index is 11.9. The van der Waals surface area contributed by atoms with E-state index in [9.17, 15) is 8.42 Å². The van der Waals surface area contributed by atoms with Gasteiger partial charge in [-0.3, -0.25) is 0 Å². The SMILES string of the molecule is CC(C)CCCCNS(=O)(=O)N1CCCCC1. The summed E-state index contributed by atoms with van der Waals surface area (Å²) in [5, 5.41) is 0. The Bertz CT molecular complexity index is 296. The third-order valence-electron chi connectivity index (χ3n) is 3.15. The summed E-state index contributed by atoms with van der Waals surface area (Å²) < 4.78 is 28.1. The predicted molar refractivity (Wildman–Crippen MR) is 71.0 cm³/mol. The first-order valence-electron chi connectivity index (χ1n) is 6.77. The molecule has 17 heavy (non-hydrogen) atoms. The Balaban J connectivity index is 2.20. The molecule has 0 atom stereocenters. The number of hydrogen-bond donors (Lipinski definition) is 1. The van der Waals surface area contributed by atoms with Crippen LogP contribution in [0.3, 0.4) is 0 Å². The molecule has 0 unspecified atom stereocenters. The topological polar surface area (TPSA) is 49.4 Å². The zero-order valence-corrected chi connectivity index (χ0v) is 11.9. The lowest BCUT2D eigenvalue weighted by Crippen LogP contribution is -2.43. The van der Waals surface area contributed by atoms with Gasteiger partial charge in [0.05, 0.1) is 0 Å². The highest BCUT2D eigenvalue weighted by Gasteiger charge is 2.22. The first-order chi connectivity index (χ1) is 8.02. The van der Waals surface area contributed by atoms with E-state index >= 15 is 0 Å². The minimum absolute atomic E-state index is 0.575. The monoisotopic (exact) mass is 262 g/mol. The zero-order valence-electron chi connectivity index (χ0n) is 11.1. The fourth-order valence-corrected chi connectivity index (χ4v) is 3.40. The highest BCUT2D eigenvalue weighted by molar-refractivity contribution is 7.87. The Hall–Kier alpha value is -0.130. The van der Waals surface area contributed by atoms with Crippen molar-refractivity contribution in [3.63, 3.8) is 0 Å². The molecule has 0 amide bonds. The number of nitrogens with zero attached hydrogens (tertiary/aromatic N) is 1. The van der Waals surface area contributed by atoms with Crippen LogP contribution in [0.4, 0.5) is 0 Å². The van der Waals surface area contributed by atoms with E-state index < -0.39 is 10.2 Å². The average Bonchev–Trinajstić information content (AvgIpc) is 2.29. The predicted octanol–water partition coefficient (Wildman–Crippen LogP) is 2.13. The minimum Gasteiger partial charge on any atom is -0.202 e. The van der Waals surface area contributed by atoms with E-state index in [0.717, 1.165) is 32.1 Å². The summed E-state index contributed by atoms with van der Waals surface area (Å²) in [6.07, 6.45) is 6.35. The second-order valence-electron chi connectivity index (χ2n) is 5.25. The molecular formula is C12H26N2O2S. The second kappa shape index (κ2) is 7.34. The molecule has 1 heterocycles. The van der Waals surface area contributed by atoms with Crippen LogP contribution in [-0.2, 0) is 10.2 Å². The van der Waals surface area contributed by atoms with E-state index in [1.807, 2.05) is 0 Å². The Morgan fingerprint density at radius 2 is 1.76 bits per heavy atom. The molecule has 5 heteroatoms. The standard InChI is InChI=1S/C12H26N2O2S/c1-12(2)8-4-5-9-13-17(15,16)14-10-6-3-7-11-14/h12-13H,3-11H2,1-2H3. The van der Waals surface area contributed by atoms with Gasteiger partial charge in [-0.25, -0.2) is 4.72 Å². The average molecular weight is 262 g/mol. The second-order valence-corrected chi connectivity index (χ2v) is 7.00. The first-order valence-corrected chi connectivity index (χ1v) is 8.21. The van der Waals surface area contributed by atoms with Crippen LogP contribution in [0.2, 0.25) is 0 Å². The summed E-state index contributed by atoms with van der Waals surface area (Å²) in [5.74, 6) is 0.703. The van der Waals surface area contributed by atoms with Crippen molar-refractivity contribution in [1.82, 2.24) is 9.03 Å². The molecule has 0 aromatic heterocycles. The van der Waals surface area contributed by atoms with Crippen molar-refractivity contribution in [2.45, 2.75) is 52.4 Å². The van der Waals surface area contributed by atoms with Crippen molar-refractivity contribution >= 4 is 10.2 Å². The number of hydrogen-bond acceptors (Lipinski definition) is 2. The van der Waals surface area contributed by atoms with Crippen molar-refractivity contribution in [3.05, 3.63) is 0 Å². The fourth-order valence-electron chi connectivity index (χ4n) is 2.08. The van der Waals surface area contributed by atoms with Crippen molar-refractivity contribution in [2.75, 3.05) is 19.6 Å². The molecule has 1 rings (SSSR count). The lowest BCUT2D eigenvalue weighted by molar-refractivity contribution is 0.341. The van der Waals surface area contributed by atoms with Crippen LogP contribution in [0.5, 0.6) is 0 Å². The lowest BCUT2D eigenvalue weighted by Gasteiger charge is -2.25. The maximum Gasteiger partial charge on any atom is 0.279 e. The minimum atomic E-state index is -3.20. The number of unbranched alkanes of at least 4 members (excludes halogenated alkanes) is 1. The molecule has 0 aliphatic carbocycles. The van der Waals surface area contributed by atoms with E-state index in [1.54, 1.807) is 4.31 Å². The number of rotatable bonds is 7. The molecule has 1 saturated heterocycles. The van der Waals surface area contributed by atoms with E-state index in [2.05, 4.69) is 18.6 Å². The van der Waals surface area contributed by atoms with E-state index in [1.165, 1.54) is 6.42 Å². The van der Waals surface area contributed by atoms with Gasteiger partial charge >= 0.3 is 0 Å². The van der Waals surface area contributed by atoms with Gasteiger partial charge in [-0.15, -0.1) is 0 Å². The number of nitrogens with one attached hydrogen (secondary N) is 1. The van der Waals surface area contributed by atoms with Gasteiger partial charge in [0, 0.05) is 19.6 Å². The molecule has 1 aliphatic heterocycles. The summed E-state index contributed by atoms with van der Waals surface area (Å²) in [5.41, 5.74) is 0. The van der Waals surface area contributed by atoms with Crippen LogP contribution in [0.1, 0.15) is 52.4 Å². The fraction of sp³-hybridized carbons (Fsp3) is 1.00. The van der Waals surface area contributed by atoms with Crippen molar-refractivity contribution in [2.24, 2.45) is 5.92 Å². The summed E-state index contributed by atoms with van der Waals surface area (Å²) in [4.78, 5) is 0. The van der Waals surface area contributed by atoms with E-state index in [0.29, 0.717) is 25.6 Å². The molecule has 1 fully saturated rings. The number of piperidine rings is 1. The summed E-state index contributed by atoms with van der Waals surface area (Å²) >= 11 is 0. The smallest absolute Gasteiger partial charge is 0.202 e. The summed E-state index contributed by atoms with van der Waals surface area (Å²) in [7, 11) is -3.20. The molecular weight excluding hydrogens is 236 g/mol. The van der Waals surface area contributed by atoms with Crippen molar-refractivity contribution < 1.29 is 8.42 Å². The Morgan fingerprint density at radius 1 is 1.12 bits per heavy atom. The van der Waals surface area contributed by atoms with Crippen molar-refractivity contribution in [1.29, 1.82) is 0 Å². The third-order valence-corrected chi connectivity index (χ3v) is 4.76. The van der Waals surface area contributed by atoms with Gasteiger partial charge in [0.2, 0.25) is 0 Å². The van der Waals surface area contributed by atoms with Crippen molar-refractivity contribution in [3.8, 4) is 0 Å². The van der Waals surface area contributed by atoms with Gasteiger partial charge in [-0.1, -0.05) is 33.1 Å². The van der Waals surface area contributed by atoms with Gasteiger partial charge in [-0.2, -0.15) is 12.7 Å². The van der Waals surface area contributed by atoms with Gasteiger partial charge in [0.15, 0.2) is 0 Å². The van der Waals surface area contributed by atoms with Gasteiger partial charge in [-0.05, 0) is 25.2 Å². The van der Waals surface area contributed by atoms with E-state index in [-0.39, 0.29) is 0 Å². The zero-order chi connectivity index (χ0) is 12.7. The van der Waals surface area contributed by atoms with E-state index in [4.69, 9.17) is 0 Å². The highest BCUT2D eigenvalue weighted by atomic mass is 32.2. The van der Waals surface area contributed by atoms with Gasteiger partial charge in [0.25, 0.3) is 10.2 Å². The maximum atomic E-state index is 11.9. The molecule has 0 spiro atoms. The highest BCUT2D eigenvalue weighted by Crippen LogP contribution is 2.12.